The molecule has 2 N–H and O–H groups in total. The topological polar surface area (TPSA) is 131 Å². The predicted octanol–water partition coefficient (Wildman–Crippen LogP) is 3.48. The lowest BCUT2D eigenvalue weighted by molar-refractivity contribution is -0.149. The van der Waals surface area contributed by atoms with Crippen LogP contribution in [0.5, 0.6) is 0 Å². The van der Waals surface area contributed by atoms with E-state index in [0.29, 0.717) is 35.5 Å². The number of aromatic nitrogens is 2. The van der Waals surface area contributed by atoms with Gasteiger partial charge in [-0.05, 0) is 61.8 Å². The number of aromatic amines is 1. The largest absolute Gasteiger partial charge is 0.466 e. The van der Waals surface area contributed by atoms with Gasteiger partial charge in [0.1, 0.15) is 5.52 Å². The van der Waals surface area contributed by atoms with E-state index < -0.39 is 9.84 Å². The first-order valence-electron chi connectivity index (χ1n) is 13.3. The number of benzene rings is 1. The third-order valence-electron chi connectivity index (χ3n) is 7.74. The quantitative estimate of drug-likeness (QED) is 0.449. The molecule has 0 atom stereocenters. The number of H-pyrrole nitrogens is 1. The van der Waals surface area contributed by atoms with Crippen molar-refractivity contribution in [2.24, 2.45) is 18.9 Å². The van der Waals surface area contributed by atoms with E-state index in [4.69, 9.17) is 4.74 Å². The molecule has 11 heteroatoms. The van der Waals surface area contributed by atoms with Crippen molar-refractivity contribution >= 4 is 38.4 Å². The maximum Gasteiger partial charge on any atom is 0.322 e. The number of fused-ring (bicyclic) bond motifs is 2. The number of urea groups is 1. The van der Waals surface area contributed by atoms with Gasteiger partial charge in [0.15, 0.2) is 9.84 Å². The lowest BCUT2D eigenvalue weighted by Crippen LogP contribution is -2.42. The minimum Gasteiger partial charge on any atom is -0.466 e. The van der Waals surface area contributed by atoms with Gasteiger partial charge in [0, 0.05) is 48.8 Å². The average molecular weight is 555 g/mol. The fraction of sp³-hybridized carbons (Fsp3) is 0.464. The number of ether oxygens (including phenoxy) is 1. The number of carbonyl (C=O) groups is 2. The van der Waals surface area contributed by atoms with Gasteiger partial charge in [-0.15, -0.1) is 0 Å². The van der Waals surface area contributed by atoms with Crippen molar-refractivity contribution in [2.45, 2.75) is 44.9 Å². The number of hydrogen-bond donors (Lipinski definition) is 2. The van der Waals surface area contributed by atoms with Gasteiger partial charge in [0.2, 0.25) is 0 Å². The molecule has 5 rings (SSSR count). The van der Waals surface area contributed by atoms with Crippen molar-refractivity contribution < 1.29 is 22.7 Å². The molecule has 39 heavy (non-hydrogen) atoms. The number of rotatable bonds is 6. The van der Waals surface area contributed by atoms with Crippen molar-refractivity contribution in [3.8, 4) is 11.1 Å². The SMILES string of the molecule is CCOC(=O)C1CCC(CNC(=O)N2Cc3c[nH]c4c(=O)n(C)cc(c34)-c3cc(CS(C)(=O)=O)ccc32)CC1. The fourth-order valence-corrected chi connectivity index (χ4v) is 6.60. The van der Waals surface area contributed by atoms with Gasteiger partial charge in [0.05, 0.1) is 30.5 Å². The van der Waals surface area contributed by atoms with Crippen LogP contribution in [0.3, 0.4) is 0 Å². The number of amides is 2. The molecule has 2 aliphatic rings. The number of sulfone groups is 1. The summed E-state index contributed by atoms with van der Waals surface area (Å²) in [6.45, 7) is 2.93. The van der Waals surface area contributed by atoms with E-state index in [-0.39, 0.29) is 41.7 Å². The van der Waals surface area contributed by atoms with Gasteiger partial charge in [0.25, 0.3) is 5.56 Å². The van der Waals surface area contributed by atoms with Crippen molar-refractivity contribution in [1.29, 1.82) is 0 Å². The van der Waals surface area contributed by atoms with Gasteiger partial charge in [-0.3, -0.25) is 14.5 Å². The Morgan fingerprint density at radius 2 is 1.90 bits per heavy atom. The molecule has 3 heterocycles. The van der Waals surface area contributed by atoms with Gasteiger partial charge < -0.3 is 19.6 Å². The summed E-state index contributed by atoms with van der Waals surface area (Å²) >= 11 is 0. The lowest BCUT2D eigenvalue weighted by atomic mass is 9.82. The van der Waals surface area contributed by atoms with Crippen LogP contribution in [0.4, 0.5) is 10.5 Å². The Balaban J connectivity index is 1.43. The molecular weight excluding hydrogens is 520 g/mol. The van der Waals surface area contributed by atoms with Crippen LogP contribution >= 0.6 is 0 Å². The Labute approximate surface area is 227 Å². The van der Waals surface area contributed by atoms with Gasteiger partial charge >= 0.3 is 12.0 Å². The van der Waals surface area contributed by atoms with Crippen molar-refractivity contribution in [2.75, 3.05) is 24.3 Å². The second-order valence-corrected chi connectivity index (χ2v) is 12.8. The second kappa shape index (κ2) is 10.5. The summed E-state index contributed by atoms with van der Waals surface area (Å²) in [6, 6.07) is 5.05. The maximum atomic E-state index is 13.6. The molecule has 2 amide bonds. The summed E-state index contributed by atoms with van der Waals surface area (Å²) in [5.41, 5.74) is 3.79. The monoisotopic (exact) mass is 554 g/mol. The molecule has 2 aromatic heterocycles. The van der Waals surface area contributed by atoms with Crippen molar-refractivity contribution in [3.05, 3.63) is 52.1 Å². The Kier molecular flexibility index (Phi) is 7.28. The van der Waals surface area contributed by atoms with Crippen LogP contribution in [0.25, 0.3) is 22.0 Å². The predicted molar refractivity (Wildman–Crippen MR) is 149 cm³/mol. The third kappa shape index (κ3) is 5.45. The lowest BCUT2D eigenvalue weighted by Gasteiger charge is -2.29. The van der Waals surface area contributed by atoms with Crippen LogP contribution in [-0.4, -0.2) is 49.4 Å². The summed E-state index contributed by atoms with van der Waals surface area (Å²) in [6.07, 6.45) is 7.86. The van der Waals surface area contributed by atoms with Crippen molar-refractivity contribution in [3.63, 3.8) is 0 Å². The summed E-state index contributed by atoms with van der Waals surface area (Å²) in [5.74, 6) is -0.0716. The maximum absolute atomic E-state index is 13.6. The van der Waals surface area contributed by atoms with Gasteiger partial charge in [-0.25, -0.2) is 13.2 Å². The minimum atomic E-state index is -3.28. The highest BCUT2D eigenvalue weighted by molar-refractivity contribution is 7.89. The van der Waals surface area contributed by atoms with Gasteiger partial charge in [-0.1, -0.05) is 6.07 Å². The molecule has 1 fully saturated rings. The Morgan fingerprint density at radius 3 is 2.59 bits per heavy atom. The van der Waals surface area contributed by atoms with E-state index in [1.165, 1.54) is 10.8 Å². The highest BCUT2D eigenvalue weighted by atomic mass is 32.2. The zero-order valence-corrected chi connectivity index (χ0v) is 23.3. The van der Waals surface area contributed by atoms with Crippen LogP contribution in [0.15, 0.2) is 35.4 Å². The molecule has 0 radical (unpaired) electrons. The van der Waals surface area contributed by atoms with Gasteiger partial charge in [-0.2, -0.15) is 0 Å². The van der Waals surface area contributed by atoms with Crippen LogP contribution < -0.4 is 15.8 Å². The molecule has 3 aromatic rings. The first-order chi connectivity index (χ1) is 18.6. The molecule has 1 aliphatic carbocycles. The van der Waals surface area contributed by atoms with E-state index in [1.807, 2.05) is 6.92 Å². The molecule has 1 saturated carbocycles. The second-order valence-electron chi connectivity index (χ2n) is 10.7. The third-order valence-corrected chi connectivity index (χ3v) is 8.60. The summed E-state index contributed by atoms with van der Waals surface area (Å²) in [7, 11) is -1.60. The Morgan fingerprint density at radius 1 is 1.15 bits per heavy atom. The molecule has 0 unspecified atom stereocenters. The van der Waals surface area contributed by atoms with Crippen LogP contribution in [-0.2, 0) is 38.7 Å². The number of aryl methyl sites for hydroxylation is 1. The summed E-state index contributed by atoms with van der Waals surface area (Å²) in [5, 5.41) is 3.82. The molecule has 1 aromatic carbocycles. The smallest absolute Gasteiger partial charge is 0.322 e. The number of nitrogens with one attached hydrogen (secondary N) is 2. The highest BCUT2D eigenvalue weighted by Gasteiger charge is 2.30. The zero-order valence-electron chi connectivity index (χ0n) is 22.5. The van der Waals surface area contributed by atoms with E-state index in [0.717, 1.165) is 42.2 Å². The summed E-state index contributed by atoms with van der Waals surface area (Å²) in [4.78, 5) is 43.3. The minimum absolute atomic E-state index is 0.0720. The van der Waals surface area contributed by atoms with Crippen LogP contribution in [0, 0.1) is 11.8 Å². The standard InChI is InChI=1S/C28H34N4O6S/c1-4-38-27(34)19-8-5-17(6-9-19)12-30-28(35)32-14-20-13-29-25-24(20)22(15-31(2)26(25)33)21-11-18(7-10-23(21)32)16-39(3,36)37/h7,10-11,13,15,17,19,29H,4-6,8-9,12,14,16H2,1-3H3,(H,30,35). The van der Waals surface area contributed by atoms with E-state index in [9.17, 15) is 22.8 Å². The number of hydrogen-bond acceptors (Lipinski definition) is 6. The molecule has 10 nitrogen and oxygen atoms in total. The number of esters is 1. The number of anilines is 1. The molecular formula is C28H34N4O6S. The van der Waals surface area contributed by atoms with E-state index in [1.54, 1.807) is 42.5 Å². The molecule has 208 valence electrons. The summed E-state index contributed by atoms with van der Waals surface area (Å²) < 4.78 is 30.7. The molecule has 0 bridgehead atoms. The highest BCUT2D eigenvalue weighted by Crippen LogP contribution is 2.41. The zero-order chi connectivity index (χ0) is 27.9. The van der Waals surface area contributed by atoms with Crippen LogP contribution in [0.2, 0.25) is 0 Å². The fourth-order valence-electron chi connectivity index (χ4n) is 5.82. The molecule has 0 spiro atoms. The Bertz CT molecular complexity index is 1600. The molecule has 0 saturated heterocycles. The average Bonchev–Trinajstić information content (AvgIpc) is 3.26. The normalized spacial score (nSPS) is 18.9. The number of carbonyl (C=O) groups excluding carboxylic acids is 2. The first kappa shape index (κ1) is 27.0. The molecule has 1 aliphatic heterocycles. The Hall–Kier alpha value is -3.60. The van der Waals surface area contributed by atoms with Crippen molar-refractivity contribution in [1.82, 2.24) is 14.9 Å². The van der Waals surface area contributed by atoms with E-state index in [2.05, 4.69) is 10.3 Å². The number of nitrogens with zero attached hydrogens (tertiary/aromatic N) is 2. The van der Waals surface area contributed by atoms with Crippen LogP contribution in [0.1, 0.15) is 43.7 Å². The number of pyridine rings is 1. The first-order valence-corrected chi connectivity index (χ1v) is 15.3. The van der Waals surface area contributed by atoms with E-state index >= 15 is 0 Å².